The number of carbonyl (C=O) groups excluding carboxylic acids is 2. The summed E-state index contributed by atoms with van der Waals surface area (Å²) >= 11 is 0. The van der Waals surface area contributed by atoms with E-state index in [4.69, 9.17) is 9.47 Å². The Morgan fingerprint density at radius 3 is 2.03 bits per heavy atom. The second-order valence-corrected chi connectivity index (χ2v) is 8.43. The minimum Gasteiger partial charge on any atom is -0.494 e. The van der Waals surface area contributed by atoms with Crippen molar-refractivity contribution in [3.05, 3.63) is 102 Å². The highest BCUT2D eigenvalue weighted by Gasteiger charge is 2.32. The largest absolute Gasteiger partial charge is 0.494 e. The molecule has 0 aliphatic carbocycles. The molecule has 0 bridgehead atoms. The number of hydrogen-bond acceptors (Lipinski definition) is 5. The Hall–Kier alpha value is -4.45. The lowest BCUT2D eigenvalue weighted by molar-refractivity contribution is 0.0603. The van der Waals surface area contributed by atoms with Crippen molar-refractivity contribution < 1.29 is 19.1 Å². The van der Waals surface area contributed by atoms with Gasteiger partial charge in [-0.15, -0.1) is 0 Å². The van der Waals surface area contributed by atoms with Crippen LogP contribution < -0.4 is 9.47 Å². The van der Waals surface area contributed by atoms with E-state index < -0.39 is 0 Å². The summed E-state index contributed by atoms with van der Waals surface area (Å²) in [5.74, 6) is 1.05. The minimum atomic E-state index is -0.250. The Bertz CT molecular complexity index is 1380. The molecular formula is C30H26N2O4. The van der Waals surface area contributed by atoms with Crippen LogP contribution in [0.3, 0.4) is 0 Å². The van der Waals surface area contributed by atoms with Crippen molar-refractivity contribution in [2.45, 2.75) is 13.3 Å². The SMILES string of the molecule is CCOc1ccc(N=Cc2ccc(OCCCN3C(=O)c4cccc5cccc(c45)C3=O)cc2)cc1. The van der Waals surface area contributed by atoms with Gasteiger partial charge in [-0.2, -0.15) is 0 Å². The molecule has 0 spiro atoms. The van der Waals surface area contributed by atoms with E-state index in [0.29, 0.717) is 37.3 Å². The zero-order valence-electron chi connectivity index (χ0n) is 20.0. The number of hydrogen-bond donors (Lipinski definition) is 0. The second kappa shape index (κ2) is 10.4. The van der Waals surface area contributed by atoms with Gasteiger partial charge in [0.25, 0.3) is 11.8 Å². The maximum atomic E-state index is 13.0. The molecular weight excluding hydrogens is 452 g/mol. The number of aliphatic imine (C=N–C) groups is 1. The molecule has 4 aromatic rings. The van der Waals surface area contributed by atoms with Gasteiger partial charge in [-0.25, -0.2) is 0 Å². The van der Waals surface area contributed by atoms with E-state index in [9.17, 15) is 9.59 Å². The highest BCUT2D eigenvalue weighted by atomic mass is 16.5. The van der Waals surface area contributed by atoms with Gasteiger partial charge in [0.05, 0.1) is 18.9 Å². The van der Waals surface area contributed by atoms with Crippen molar-refractivity contribution in [2.24, 2.45) is 4.99 Å². The van der Waals surface area contributed by atoms with Crippen LogP contribution in [0.2, 0.25) is 0 Å². The monoisotopic (exact) mass is 478 g/mol. The van der Waals surface area contributed by atoms with Crippen LogP contribution >= 0.6 is 0 Å². The summed E-state index contributed by atoms with van der Waals surface area (Å²) in [6, 6.07) is 26.4. The van der Waals surface area contributed by atoms with Gasteiger partial charge in [0.2, 0.25) is 0 Å². The van der Waals surface area contributed by atoms with Crippen molar-refractivity contribution in [3.8, 4) is 11.5 Å². The standard InChI is InChI=1S/C30H26N2O4/c1-2-35-24-16-12-23(13-17-24)31-20-21-10-14-25(15-11-21)36-19-5-18-32-29(33)26-8-3-6-22-7-4-9-27(28(22)26)30(32)34/h3-4,6-17,20H,2,5,18-19H2,1H3. The Kier molecular flexibility index (Phi) is 6.76. The predicted molar refractivity (Wildman–Crippen MR) is 141 cm³/mol. The quantitative estimate of drug-likeness (QED) is 0.167. The van der Waals surface area contributed by atoms with E-state index in [0.717, 1.165) is 33.5 Å². The Labute approximate surface area is 209 Å². The molecule has 0 unspecified atom stereocenters. The van der Waals surface area contributed by atoms with E-state index in [2.05, 4.69) is 4.99 Å². The zero-order valence-corrected chi connectivity index (χ0v) is 20.0. The first kappa shape index (κ1) is 23.3. The summed E-state index contributed by atoms with van der Waals surface area (Å²) in [5, 5.41) is 1.65. The van der Waals surface area contributed by atoms with Crippen molar-refractivity contribution in [1.82, 2.24) is 4.90 Å². The first-order chi connectivity index (χ1) is 17.6. The van der Waals surface area contributed by atoms with E-state index in [1.54, 1.807) is 18.3 Å². The average molecular weight is 479 g/mol. The highest BCUT2D eigenvalue weighted by molar-refractivity contribution is 6.25. The molecule has 1 aliphatic heterocycles. The smallest absolute Gasteiger partial charge is 0.261 e. The van der Waals surface area contributed by atoms with Gasteiger partial charge < -0.3 is 9.47 Å². The molecule has 6 heteroatoms. The van der Waals surface area contributed by atoms with E-state index in [1.165, 1.54) is 4.90 Å². The van der Waals surface area contributed by atoms with Gasteiger partial charge in [-0.1, -0.05) is 24.3 Å². The number of benzene rings is 4. The lowest BCUT2D eigenvalue weighted by atomic mass is 9.94. The lowest BCUT2D eigenvalue weighted by Gasteiger charge is -2.27. The predicted octanol–water partition coefficient (Wildman–Crippen LogP) is 6.05. The minimum absolute atomic E-state index is 0.250. The lowest BCUT2D eigenvalue weighted by Crippen LogP contribution is -2.41. The molecule has 1 aliphatic rings. The number of imide groups is 1. The van der Waals surface area contributed by atoms with Crippen LogP contribution in [-0.4, -0.2) is 42.7 Å². The molecule has 0 saturated carbocycles. The first-order valence-corrected chi connectivity index (χ1v) is 12.0. The van der Waals surface area contributed by atoms with Gasteiger partial charge in [-0.3, -0.25) is 19.5 Å². The topological polar surface area (TPSA) is 68.2 Å². The highest BCUT2D eigenvalue weighted by Crippen LogP contribution is 2.30. The molecule has 36 heavy (non-hydrogen) atoms. The van der Waals surface area contributed by atoms with Gasteiger partial charge in [0.1, 0.15) is 11.5 Å². The van der Waals surface area contributed by atoms with Gasteiger partial charge in [0, 0.05) is 29.3 Å². The van der Waals surface area contributed by atoms with Crippen LogP contribution in [-0.2, 0) is 0 Å². The van der Waals surface area contributed by atoms with Gasteiger partial charge in [-0.05, 0) is 85.0 Å². The maximum absolute atomic E-state index is 13.0. The van der Waals surface area contributed by atoms with Crippen molar-refractivity contribution in [2.75, 3.05) is 19.8 Å². The Balaban J connectivity index is 1.14. The van der Waals surface area contributed by atoms with Crippen LogP contribution in [0.25, 0.3) is 10.8 Å². The first-order valence-electron chi connectivity index (χ1n) is 12.0. The fraction of sp³-hybridized carbons (Fsp3) is 0.167. The fourth-order valence-corrected chi connectivity index (χ4v) is 4.29. The molecule has 0 atom stereocenters. The van der Waals surface area contributed by atoms with Crippen molar-refractivity contribution >= 4 is 34.5 Å². The van der Waals surface area contributed by atoms with Crippen LogP contribution in [0.15, 0.2) is 89.9 Å². The maximum Gasteiger partial charge on any atom is 0.261 e. The molecule has 5 rings (SSSR count). The third-order valence-electron chi connectivity index (χ3n) is 6.04. The fourth-order valence-electron chi connectivity index (χ4n) is 4.29. The van der Waals surface area contributed by atoms with E-state index in [1.807, 2.05) is 79.7 Å². The van der Waals surface area contributed by atoms with Gasteiger partial charge in [0.15, 0.2) is 0 Å². The Morgan fingerprint density at radius 2 is 1.39 bits per heavy atom. The normalized spacial score (nSPS) is 13.0. The zero-order chi connectivity index (χ0) is 24.9. The van der Waals surface area contributed by atoms with Crippen LogP contribution in [0.5, 0.6) is 11.5 Å². The van der Waals surface area contributed by atoms with Crippen molar-refractivity contribution in [3.63, 3.8) is 0 Å². The molecule has 1 heterocycles. The molecule has 180 valence electrons. The third-order valence-corrected chi connectivity index (χ3v) is 6.04. The summed E-state index contributed by atoms with van der Waals surface area (Å²) in [6.45, 7) is 3.28. The summed E-state index contributed by atoms with van der Waals surface area (Å²) in [6.07, 6.45) is 2.34. The van der Waals surface area contributed by atoms with Gasteiger partial charge >= 0.3 is 0 Å². The molecule has 4 aromatic carbocycles. The Morgan fingerprint density at radius 1 is 0.778 bits per heavy atom. The second-order valence-electron chi connectivity index (χ2n) is 8.43. The number of nitrogens with zero attached hydrogens (tertiary/aromatic N) is 2. The van der Waals surface area contributed by atoms with E-state index in [-0.39, 0.29) is 11.8 Å². The summed E-state index contributed by atoms with van der Waals surface area (Å²) in [4.78, 5) is 31.8. The van der Waals surface area contributed by atoms with E-state index >= 15 is 0 Å². The molecule has 0 saturated heterocycles. The van der Waals surface area contributed by atoms with Crippen LogP contribution in [0, 0.1) is 0 Å². The van der Waals surface area contributed by atoms with Crippen LogP contribution in [0.4, 0.5) is 5.69 Å². The molecule has 0 aromatic heterocycles. The summed E-state index contributed by atoms with van der Waals surface area (Å²) < 4.78 is 11.3. The molecule has 0 N–H and O–H groups in total. The molecule has 0 fully saturated rings. The van der Waals surface area contributed by atoms with Crippen molar-refractivity contribution in [1.29, 1.82) is 0 Å². The molecule has 6 nitrogen and oxygen atoms in total. The summed E-state index contributed by atoms with van der Waals surface area (Å²) in [5.41, 5.74) is 2.95. The third kappa shape index (κ3) is 4.84. The molecule has 2 amide bonds. The number of rotatable bonds is 9. The van der Waals surface area contributed by atoms with Crippen LogP contribution in [0.1, 0.15) is 39.6 Å². The molecule has 0 radical (unpaired) electrons. The number of carbonyl (C=O) groups is 2. The number of amides is 2. The number of ether oxygens (including phenoxy) is 2. The summed E-state index contributed by atoms with van der Waals surface area (Å²) in [7, 11) is 0. The average Bonchev–Trinajstić information content (AvgIpc) is 2.91.